The van der Waals surface area contributed by atoms with Gasteiger partial charge in [0.25, 0.3) is 0 Å². The van der Waals surface area contributed by atoms with E-state index in [2.05, 4.69) is 0 Å². The van der Waals surface area contributed by atoms with Gasteiger partial charge in [0.1, 0.15) is 6.04 Å². The number of fused-ring (bicyclic) bond motifs is 1. The number of ether oxygens (including phenoxy) is 1. The summed E-state index contributed by atoms with van der Waals surface area (Å²) in [6, 6.07) is 7.39. The molecule has 0 saturated carbocycles. The van der Waals surface area contributed by atoms with Crippen LogP contribution in [-0.2, 0) is 27.1 Å². The van der Waals surface area contributed by atoms with Crippen LogP contribution in [0, 0.1) is 0 Å². The van der Waals surface area contributed by atoms with E-state index in [0.29, 0.717) is 19.5 Å². The number of hydrogen-bond donors (Lipinski definition) is 0. The van der Waals surface area contributed by atoms with Crippen LogP contribution in [0.5, 0.6) is 0 Å². The molecule has 1 aromatic carbocycles. The molecule has 0 amide bonds. The van der Waals surface area contributed by atoms with Gasteiger partial charge < -0.3 is 19.1 Å². The molecule has 1 aliphatic rings. The zero-order valence-corrected chi connectivity index (χ0v) is 18.8. The van der Waals surface area contributed by atoms with E-state index in [1.807, 2.05) is 29.2 Å². The van der Waals surface area contributed by atoms with Crippen LogP contribution in [0.25, 0.3) is 0 Å². The van der Waals surface area contributed by atoms with Gasteiger partial charge in [-0.2, -0.15) is 0 Å². The summed E-state index contributed by atoms with van der Waals surface area (Å²) in [7, 11) is -3.15. The van der Waals surface area contributed by atoms with Crippen molar-refractivity contribution in [1.82, 2.24) is 4.90 Å². The summed E-state index contributed by atoms with van der Waals surface area (Å²) in [5.74, 6) is -0.336. The monoisotopic (exact) mass is 357 g/mol. The van der Waals surface area contributed by atoms with Crippen molar-refractivity contribution in [3.63, 3.8) is 0 Å². The minimum Gasteiger partial charge on any atom is -0.811 e. The van der Waals surface area contributed by atoms with Crippen molar-refractivity contribution in [2.45, 2.75) is 25.4 Å². The number of esters is 1. The van der Waals surface area contributed by atoms with Crippen LogP contribution in [-0.4, -0.2) is 36.7 Å². The van der Waals surface area contributed by atoms with Crippen molar-refractivity contribution in [2.24, 2.45) is 0 Å². The Morgan fingerprint density at radius 1 is 1.30 bits per heavy atom. The van der Waals surface area contributed by atoms with E-state index in [9.17, 15) is 19.1 Å². The Morgan fingerprint density at radius 2 is 1.91 bits per heavy atom. The molecule has 1 atom stereocenters. The third kappa shape index (κ3) is 7.28. The van der Waals surface area contributed by atoms with E-state index < -0.39 is 13.6 Å². The Kier molecular flexibility index (Phi) is 11.1. The standard InChI is InChI=1S/C14H20NO5P.2Na/c1-20-14(16)13-9-11-5-2-3-6-12(11)10-15(13)7-4-8-21(17,18)19;;/h2-3,5-6,13H,4,7-10H2,1H3,(H2,17,18,19);;/q;2*+1/p-2. The molecule has 0 fully saturated rings. The topological polar surface area (TPSA) is 92.7 Å². The molecule has 0 aromatic heterocycles. The van der Waals surface area contributed by atoms with E-state index >= 15 is 0 Å². The maximum Gasteiger partial charge on any atom is 1.00 e. The normalized spacial score (nSPS) is 17.4. The molecule has 1 heterocycles. The van der Waals surface area contributed by atoms with E-state index in [-0.39, 0.29) is 77.7 Å². The predicted octanol–water partition coefficient (Wildman–Crippen LogP) is -6.10. The van der Waals surface area contributed by atoms with Crippen LogP contribution < -0.4 is 68.9 Å². The largest absolute Gasteiger partial charge is 1.00 e. The van der Waals surface area contributed by atoms with E-state index in [1.165, 1.54) is 7.11 Å². The number of methoxy groups -OCH3 is 1. The van der Waals surface area contributed by atoms with Crippen molar-refractivity contribution in [3.05, 3.63) is 35.4 Å². The van der Waals surface area contributed by atoms with Gasteiger partial charge in [0.15, 0.2) is 0 Å². The van der Waals surface area contributed by atoms with E-state index in [4.69, 9.17) is 4.74 Å². The molecule has 0 radical (unpaired) electrons. The van der Waals surface area contributed by atoms with Crippen molar-refractivity contribution >= 4 is 13.6 Å². The second kappa shape index (κ2) is 10.7. The zero-order chi connectivity index (χ0) is 15.5. The molecule has 116 valence electrons. The molecule has 0 aliphatic carbocycles. The fourth-order valence-electron chi connectivity index (χ4n) is 2.65. The summed E-state index contributed by atoms with van der Waals surface area (Å²) in [4.78, 5) is 35.2. The Bertz CT molecular complexity index is 566. The smallest absolute Gasteiger partial charge is 0.811 e. The summed E-state index contributed by atoms with van der Waals surface area (Å²) >= 11 is 0. The molecule has 0 saturated heterocycles. The quantitative estimate of drug-likeness (QED) is 0.296. The number of benzene rings is 1. The van der Waals surface area contributed by atoms with Gasteiger partial charge in [0.05, 0.1) is 7.11 Å². The third-order valence-electron chi connectivity index (χ3n) is 3.70. The summed E-state index contributed by atoms with van der Waals surface area (Å²) < 4.78 is 15.5. The second-order valence-corrected chi connectivity index (χ2v) is 6.84. The average molecular weight is 357 g/mol. The number of carbonyl (C=O) groups excluding carboxylic acids is 1. The second-order valence-electron chi connectivity index (χ2n) is 5.17. The van der Waals surface area contributed by atoms with Crippen LogP contribution in [0.2, 0.25) is 0 Å². The first-order chi connectivity index (χ1) is 9.90. The van der Waals surface area contributed by atoms with Gasteiger partial charge in [-0.1, -0.05) is 31.9 Å². The SMILES string of the molecule is COC(=O)C1Cc2ccccc2CN1CCCP(=O)([O-])[O-].[Na+].[Na+]. The fraction of sp³-hybridized carbons (Fsp3) is 0.500. The van der Waals surface area contributed by atoms with Crippen molar-refractivity contribution in [3.8, 4) is 0 Å². The predicted molar refractivity (Wildman–Crippen MR) is 73.5 cm³/mol. The van der Waals surface area contributed by atoms with Gasteiger partial charge in [-0.25, -0.2) is 0 Å². The maximum atomic E-state index is 11.9. The van der Waals surface area contributed by atoms with E-state index in [1.54, 1.807) is 0 Å². The van der Waals surface area contributed by atoms with Crippen molar-refractivity contribution < 1.29 is 83.0 Å². The van der Waals surface area contributed by atoms with Gasteiger partial charge in [-0.3, -0.25) is 9.69 Å². The van der Waals surface area contributed by atoms with Crippen LogP contribution in [0.15, 0.2) is 24.3 Å². The minimum absolute atomic E-state index is 0. The molecule has 6 nitrogen and oxygen atoms in total. The Morgan fingerprint density at radius 3 is 2.48 bits per heavy atom. The third-order valence-corrected chi connectivity index (χ3v) is 4.56. The molecule has 23 heavy (non-hydrogen) atoms. The molecule has 2 rings (SSSR count). The molecule has 1 unspecified atom stereocenters. The summed E-state index contributed by atoms with van der Waals surface area (Å²) in [6.45, 7) is 0.931. The Hall–Kier alpha value is 0.800. The van der Waals surface area contributed by atoms with Gasteiger partial charge in [0.2, 0.25) is 0 Å². The first-order valence-corrected chi connectivity index (χ1v) is 8.53. The van der Waals surface area contributed by atoms with Gasteiger partial charge >= 0.3 is 65.1 Å². The number of carbonyl (C=O) groups is 1. The summed E-state index contributed by atoms with van der Waals surface area (Å²) in [5, 5.41) is 0. The van der Waals surface area contributed by atoms with Gasteiger partial charge in [-0.15, -0.1) is 0 Å². The number of nitrogens with zero attached hydrogens (tertiary/aromatic N) is 1. The zero-order valence-electron chi connectivity index (χ0n) is 13.9. The summed E-state index contributed by atoms with van der Waals surface area (Å²) in [5.41, 5.74) is 2.22. The maximum absolute atomic E-state index is 11.9. The van der Waals surface area contributed by atoms with Crippen LogP contribution >= 0.6 is 7.60 Å². The van der Waals surface area contributed by atoms with E-state index in [0.717, 1.165) is 11.1 Å². The summed E-state index contributed by atoms with van der Waals surface area (Å²) in [6.07, 6.45) is 0.369. The molecule has 0 spiro atoms. The molecule has 0 N–H and O–H groups in total. The van der Waals surface area contributed by atoms with Gasteiger partial charge in [-0.05, 0) is 36.7 Å². The fourth-order valence-corrected chi connectivity index (χ4v) is 3.18. The van der Waals surface area contributed by atoms with Crippen molar-refractivity contribution in [1.29, 1.82) is 0 Å². The molecule has 1 aromatic rings. The first-order valence-electron chi connectivity index (χ1n) is 6.80. The van der Waals surface area contributed by atoms with Crippen molar-refractivity contribution in [2.75, 3.05) is 19.8 Å². The minimum atomic E-state index is -4.49. The van der Waals surface area contributed by atoms with Crippen LogP contribution in [0.1, 0.15) is 17.5 Å². The Labute approximate surface area is 180 Å². The molecular formula is C14H18NNa2O5P. The first kappa shape index (κ1) is 23.8. The number of hydrogen-bond acceptors (Lipinski definition) is 6. The molecule has 9 heteroatoms. The molecule has 0 bridgehead atoms. The number of rotatable bonds is 5. The molecule has 1 aliphatic heterocycles. The average Bonchev–Trinajstić information content (AvgIpc) is 2.44. The van der Waals surface area contributed by atoms with Gasteiger partial charge in [0, 0.05) is 6.54 Å². The van der Waals surface area contributed by atoms with Crippen LogP contribution in [0.4, 0.5) is 0 Å². The molecular weight excluding hydrogens is 339 g/mol. The van der Waals surface area contributed by atoms with Crippen LogP contribution in [0.3, 0.4) is 0 Å². The Balaban J connectivity index is 0.00000242.